The Balaban J connectivity index is 1.28. The molecule has 9 heteroatoms. The van der Waals surface area contributed by atoms with Crippen molar-refractivity contribution in [3.8, 4) is 11.4 Å². The Morgan fingerprint density at radius 3 is 2.62 bits per heavy atom. The first-order valence-electron chi connectivity index (χ1n) is 8.87. The molecule has 3 heterocycles. The molecule has 0 aliphatic carbocycles. The average Bonchev–Trinajstić information content (AvgIpc) is 3.25. The van der Waals surface area contributed by atoms with Gasteiger partial charge in [0.25, 0.3) is 5.91 Å². The molecule has 0 spiro atoms. The van der Waals surface area contributed by atoms with Gasteiger partial charge in [0.1, 0.15) is 5.69 Å². The third-order valence-electron chi connectivity index (χ3n) is 4.12. The molecule has 0 aliphatic rings. The lowest BCUT2D eigenvalue weighted by Crippen LogP contribution is -2.42. The molecule has 4 aromatic rings. The molecule has 29 heavy (non-hydrogen) atoms. The first kappa shape index (κ1) is 18.2. The highest BCUT2D eigenvalue weighted by Gasteiger charge is 2.12. The second kappa shape index (κ2) is 8.26. The fraction of sp³-hybridized carbons (Fsp3) is 0.100. The minimum absolute atomic E-state index is 0.0728. The van der Waals surface area contributed by atoms with E-state index in [9.17, 15) is 9.59 Å². The van der Waals surface area contributed by atoms with E-state index >= 15 is 0 Å². The van der Waals surface area contributed by atoms with Crippen molar-refractivity contribution in [3.05, 3.63) is 72.5 Å². The number of hydrazine groups is 1. The molecule has 3 aromatic heterocycles. The maximum Gasteiger partial charge on any atom is 0.288 e. The number of aryl methyl sites for hydroxylation is 1. The highest BCUT2D eigenvalue weighted by Crippen LogP contribution is 2.14. The third-order valence-corrected chi connectivity index (χ3v) is 4.12. The van der Waals surface area contributed by atoms with Crippen LogP contribution in [0.2, 0.25) is 0 Å². The number of pyridine rings is 2. The van der Waals surface area contributed by atoms with Crippen LogP contribution in [0.15, 0.2) is 65.4 Å². The van der Waals surface area contributed by atoms with E-state index in [-0.39, 0.29) is 24.4 Å². The standard InChI is InChI=1S/C20H16N6O3/c27-17(7-8-18-23-19(26-29-18)14-9-11-21-12-10-14)24-25-20(28)16-6-5-13-3-1-2-4-15(13)22-16/h1-6,9-12H,7-8H2,(H,24,27)(H,25,28). The Hall–Kier alpha value is -4.14. The van der Waals surface area contributed by atoms with Gasteiger partial charge in [-0.05, 0) is 24.3 Å². The second-order valence-electron chi connectivity index (χ2n) is 6.14. The van der Waals surface area contributed by atoms with Gasteiger partial charge in [0, 0.05) is 36.2 Å². The van der Waals surface area contributed by atoms with Gasteiger partial charge in [-0.15, -0.1) is 0 Å². The minimum atomic E-state index is -0.498. The number of nitrogens with one attached hydrogen (secondary N) is 2. The van der Waals surface area contributed by atoms with Crippen molar-refractivity contribution in [2.75, 3.05) is 0 Å². The number of nitrogens with zero attached hydrogens (tertiary/aromatic N) is 4. The van der Waals surface area contributed by atoms with Crippen LogP contribution in [0, 0.1) is 0 Å². The number of rotatable bonds is 5. The smallest absolute Gasteiger partial charge is 0.288 e. The summed E-state index contributed by atoms with van der Waals surface area (Å²) in [5, 5.41) is 4.81. The fourth-order valence-electron chi connectivity index (χ4n) is 2.64. The van der Waals surface area contributed by atoms with Gasteiger partial charge >= 0.3 is 0 Å². The van der Waals surface area contributed by atoms with E-state index in [0.29, 0.717) is 17.2 Å². The first-order valence-corrected chi connectivity index (χ1v) is 8.87. The zero-order valence-electron chi connectivity index (χ0n) is 15.2. The van der Waals surface area contributed by atoms with Gasteiger partial charge in [0.05, 0.1) is 5.52 Å². The summed E-state index contributed by atoms with van der Waals surface area (Å²) in [5.74, 6) is -0.127. The van der Waals surface area contributed by atoms with Gasteiger partial charge in [-0.1, -0.05) is 29.4 Å². The summed E-state index contributed by atoms with van der Waals surface area (Å²) in [7, 11) is 0. The Kier molecular flexibility index (Phi) is 5.19. The molecule has 0 atom stereocenters. The van der Waals surface area contributed by atoms with E-state index in [0.717, 1.165) is 10.9 Å². The van der Waals surface area contributed by atoms with Crippen LogP contribution >= 0.6 is 0 Å². The Labute approximate surface area is 165 Å². The zero-order chi connectivity index (χ0) is 20.1. The minimum Gasteiger partial charge on any atom is -0.339 e. The molecule has 0 unspecified atom stereocenters. The van der Waals surface area contributed by atoms with Gasteiger partial charge in [-0.3, -0.25) is 25.4 Å². The topological polar surface area (TPSA) is 123 Å². The third kappa shape index (κ3) is 4.41. The Morgan fingerprint density at radius 2 is 1.76 bits per heavy atom. The molecule has 0 radical (unpaired) electrons. The van der Waals surface area contributed by atoms with E-state index < -0.39 is 5.91 Å². The number of amides is 2. The summed E-state index contributed by atoms with van der Waals surface area (Å²) in [6.45, 7) is 0. The largest absolute Gasteiger partial charge is 0.339 e. The number of carbonyl (C=O) groups is 2. The van der Waals surface area contributed by atoms with Gasteiger partial charge in [-0.25, -0.2) is 4.98 Å². The van der Waals surface area contributed by atoms with Crippen LogP contribution in [0.5, 0.6) is 0 Å². The average molecular weight is 388 g/mol. The van der Waals surface area contributed by atoms with Gasteiger partial charge in [-0.2, -0.15) is 4.98 Å². The highest BCUT2D eigenvalue weighted by atomic mass is 16.5. The molecule has 4 rings (SSSR count). The van der Waals surface area contributed by atoms with Crippen LogP contribution in [0.4, 0.5) is 0 Å². The number of aromatic nitrogens is 4. The highest BCUT2D eigenvalue weighted by molar-refractivity contribution is 5.95. The lowest BCUT2D eigenvalue weighted by Gasteiger charge is -2.07. The number of benzene rings is 1. The van der Waals surface area contributed by atoms with E-state index in [2.05, 4.69) is 31.0 Å². The van der Waals surface area contributed by atoms with Crippen molar-refractivity contribution in [3.63, 3.8) is 0 Å². The van der Waals surface area contributed by atoms with E-state index in [4.69, 9.17) is 4.52 Å². The molecule has 144 valence electrons. The van der Waals surface area contributed by atoms with Gasteiger partial charge in [0.2, 0.25) is 17.6 Å². The Morgan fingerprint density at radius 1 is 0.931 bits per heavy atom. The molecule has 0 saturated heterocycles. The van der Waals surface area contributed by atoms with Crippen molar-refractivity contribution in [2.45, 2.75) is 12.8 Å². The molecule has 0 bridgehead atoms. The predicted octanol–water partition coefficient (Wildman–Crippen LogP) is 2.07. The summed E-state index contributed by atoms with van der Waals surface area (Å²) in [6.07, 6.45) is 3.58. The van der Waals surface area contributed by atoms with Gasteiger partial charge < -0.3 is 4.52 Å². The molecule has 1 aromatic carbocycles. The second-order valence-corrected chi connectivity index (χ2v) is 6.14. The molecule has 9 nitrogen and oxygen atoms in total. The molecule has 0 saturated carbocycles. The summed E-state index contributed by atoms with van der Waals surface area (Å²) in [6, 6.07) is 14.4. The van der Waals surface area contributed by atoms with Crippen LogP contribution < -0.4 is 10.9 Å². The summed E-state index contributed by atoms with van der Waals surface area (Å²) >= 11 is 0. The van der Waals surface area contributed by atoms with Gasteiger partial charge in [0.15, 0.2) is 0 Å². The summed E-state index contributed by atoms with van der Waals surface area (Å²) in [5.41, 5.74) is 6.40. The Bertz CT molecular complexity index is 1160. The van der Waals surface area contributed by atoms with E-state index in [1.165, 1.54) is 0 Å². The molecular formula is C20H16N6O3. The maximum absolute atomic E-state index is 12.2. The molecule has 2 N–H and O–H groups in total. The monoisotopic (exact) mass is 388 g/mol. The van der Waals surface area contributed by atoms with Crippen molar-refractivity contribution in [1.29, 1.82) is 0 Å². The quantitative estimate of drug-likeness (QED) is 0.502. The maximum atomic E-state index is 12.2. The molecular weight excluding hydrogens is 372 g/mol. The fourth-order valence-corrected chi connectivity index (χ4v) is 2.64. The predicted molar refractivity (Wildman–Crippen MR) is 103 cm³/mol. The number of para-hydroxylation sites is 1. The SMILES string of the molecule is O=C(CCc1nc(-c2ccncc2)no1)NNC(=O)c1ccc2ccccc2n1. The lowest BCUT2D eigenvalue weighted by atomic mass is 10.2. The van der Waals surface area contributed by atoms with Crippen LogP contribution in [0.3, 0.4) is 0 Å². The van der Waals surface area contributed by atoms with Crippen LogP contribution in [0.1, 0.15) is 22.8 Å². The zero-order valence-corrected chi connectivity index (χ0v) is 15.2. The van der Waals surface area contributed by atoms with Crippen molar-refractivity contribution in [1.82, 2.24) is 31.0 Å². The van der Waals surface area contributed by atoms with Crippen LogP contribution in [-0.4, -0.2) is 31.9 Å². The molecule has 2 amide bonds. The number of fused-ring (bicyclic) bond motifs is 1. The van der Waals surface area contributed by atoms with Crippen molar-refractivity contribution >= 4 is 22.7 Å². The van der Waals surface area contributed by atoms with E-state index in [1.807, 2.05) is 24.3 Å². The lowest BCUT2D eigenvalue weighted by molar-refractivity contribution is -0.121. The van der Waals surface area contributed by atoms with E-state index in [1.54, 1.807) is 36.7 Å². The van der Waals surface area contributed by atoms with Crippen LogP contribution in [0.25, 0.3) is 22.3 Å². The van der Waals surface area contributed by atoms with Crippen LogP contribution in [-0.2, 0) is 11.2 Å². The molecule has 0 aliphatic heterocycles. The summed E-state index contributed by atoms with van der Waals surface area (Å²) < 4.78 is 5.15. The molecule has 0 fully saturated rings. The van der Waals surface area contributed by atoms with Crippen molar-refractivity contribution in [2.24, 2.45) is 0 Å². The first-order chi connectivity index (χ1) is 14.2. The van der Waals surface area contributed by atoms with Crippen molar-refractivity contribution < 1.29 is 14.1 Å². The number of hydrogen-bond acceptors (Lipinski definition) is 7. The normalized spacial score (nSPS) is 10.6. The number of hydrogen-bond donors (Lipinski definition) is 2. The summed E-state index contributed by atoms with van der Waals surface area (Å²) in [4.78, 5) is 36.6. The number of carbonyl (C=O) groups excluding carboxylic acids is 2.